The fraction of sp³-hybridized carbons (Fsp3) is 0.462. The molecule has 0 saturated carbocycles. The van der Waals surface area contributed by atoms with Crippen molar-refractivity contribution in [3.8, 4) is 0 Å². The zero-order chi connectivity index (χ0) is 14.3. The molecular weight excluding hydrogens is 314 g/mol. The first-order valence-electron chi connectivity index (χ1n) is 5.68. The number of rotatable bonds is 7. The van der Waals surface area contributed by atoms with Gasteiger partial charge < -0.3 is 0 Å². The minimum Gasteiger partial charge on any atom is -0.296 e. The van der Waals surface area contributed by atoms with Gasteiger partial charge in [-0.3, -0.25) is 9.69 Å². The van der Waals surface area contributed by atoms with Crippen LogP contribution in [-0.4, -0.2) is 45.2 Å². The third kappa shape index (κ3) is 4.55. The van der Waals surface area contributed by atoms with E-state index >= 15 is 0 Å². The topological polar surface area (TPSA) is 20.3 Å². The van der Waals surface area contributed by atoms with Gasteiger partial charge in [0.15, 0.2) is 0 Å². The molecule has 1 rings (SSSR count). The Morgan fingerprint density at radius 1 is 0.895 bits per heavy atom. The first kappa shape index (κ1) is 17.1. The van der Waals surface area contributed by atoms with Crippen molar-refractivity contribution in [3.63, 3.8) is 0 Å². The van der Waals surface area contributed by atoms with E-state index in [4.69, 9.17) is 0 Å². The lowest BCUT2D eigenvalue weighted by Crippen LogP contribution is -2.41. The zero-order valence-electron chi connectivity index (χ0n) is 11.5. The maximum atomic E-state index is 12.7. The van der Waals surface area contributed by atoms with Crippen molar-refractivity contribution in [2.75, 3.05) is 25.0 Å². The number of carbonyl (C=O) groups is 1. The average Bonchev–Trinajstić information content (AvgIpc) is 2.48. The van der Waals surface area contributed by atoms with Crippen LogP contribution in [0.1, 0.15) is 10.4 Å². The van der Waals surface area contributed by atoms with Crippen LogP contribution in [0, 0.1) is 0 Å². The van der Waals surface area contributed by atoms with E-state index < -0.39 is 0 Å². The highest BCUT2D eigenvalue weighted by Crippen LogP contribution is 2.34. The van der Waals surface area contributed by atoms with Gasteiger partial charge in [-0.05, 0) is 37.2 Å². The molecule has 0 radical (unpaired) electrons. The molecule has 0 aliphatic rings. The van der Waals surface area contributed by atoms with Crippen LogP contribution in [0.15, 0.2) is 30.3 Å². The van der Waals surface area contributed by atoms with Crippen molar-refractivity contribution in [1.29, 1.82) is 0 Å². The molecule has 1 aromatic carbocycles. The Balaban J connectivity index is 3.05. The van der Waals surface area contributed by atoms with Gasteiger partial charge in [-0.15, -0.1) is 47.0 Å². The second kappa shape index (κ2) is 9.10. The third-order valence-electron chi connectivity index (χ3n) is 2.52. The molecule has 0 aromatic heterocycles. The van der Waals surface area contributed by atoms with Gasteiger partial charge in [-0.2, -0.15) is 0 Å². The first-order chi connectivity index (χ1) is 9.19. The minimum absolute atomic E-state index is 0.100. The van der Waals surface area contributed by atoms with Crippen molar-refractivity contribution >= 4 is 53.0 Å². The van der Waals surface area contributed by atoms with E-state index in [1.54, 1.807) is 47.0 Å². The monoisotopic (exact) mass is 333 g/mol. The number of hydrogen-bond acceptors (Lipinski definition) is 5. The number of amides is 1. The summed E-state index contributed by atoms with van der Waals surface area (Å²) in [7, 11) is 0. The molecule has 0 atom stereocenters. The third-order valence-corrected chi connectivity index (χ3v) is 7.35. The molecule has 0 N–H and O–H groups in total. The number of benzene rings is 1. The molecular formula is C13H19NOS4. The molecule has 2 nitrogen and oxygen atoms in total. The fourth-order valence-corrected chi connectivity index (χ4v) is 5.29. The van der Waals surface area contributed by atoms with Crippen LogP contribution in [-0.2, 0) is 0 Å². The first-order valence-corrected chi connectivity index (χ1v) is 10.8. The molecule has 1 amide bonds. The van der Waals surface area contributed by atoms with E-state index in [1.807, 2.05) is 60.3 Å². The highest BCUT2D eigenvalue weighted by Gasteiger charge is 2.29. The largest absolute Gasteiger partial charge is 0.296 e. The van der Waals surface area contributed by atoms with E-state index in [0.717, 1.165) is 5.56 Å². The van der Waals surface area contributed by atoms with E-state index in [0.29, 0.717) is 0 Å². The van der Waals surface area contributed by atoms with Gasteiger partial charge in [-0.25, -0.2) is 0 Å². The van der Waals surface area contributed by atoms with E-state index in [2.05, 4.69) is 0 Å². The van der Waals surface area contributed by atoms with Gasteiger partial charge in [0.2, 0.25) is 0 Å². The molecule has 0 fully saturated rings. The Morgan fingerprint density at radius 2 is 1.32 bits per heavy atom. The zero-order valence-corrected chi connectivity index (χ0v) is 14.8. The van der Waals surface area contributed by atoms with Crippen LogP contribution < -0.4 is 0 Å². The van der Waals surface area contributed by atoms with Crippen LogP contribution in [0.25, 0.3) is 0 Å². The highest BCUT2D eigenvalue weighted by molar-refractivity contribution is 8.17. The summed E-state index contributed by atoms with van der Waals surface area (Å²) in [4.78, 5) is 14.7. The molecule has 0 heterocycles. The molecule has 0 spiro atoms. The number of nitrogens with zero attached hydrogens (tertiary/aromatic N) is 1. The van der Waals surface area contributed by atoms with Gasteiger partial charge in [-0.1, -0.05) is 18.2 Å². The van der Waals surface area contributed by atoms with E-state index in [1.165, 1.54) is 0 Å². The molecule has 1 aromatic rings. The Bertz CT molecular complexity index is 367. The van der Waals surface area contributed by atoms with Crippen molar-refractivity contribution in [2.45, 2.75) is 9.41 Å². The molecule has 0 bridgehead atoms. The lowest BCUT2D eigenvalue weighted by Gasteiger charge is -2.34. The van der Waals surface area contributed by atoms with Gasteiger partial charge in [0.1, 0.15) is 9.41 Å². The molecule has 106 valence electrons. The fourth-order valence-electron chi connectivity index (χ4n) is 1.67. The molecule has 19 heavy (non-hydrogen) atoms. The smallest absolute Gasteiger partial charge is 0.256 e. The number of thioether (sulfide) groups is 4. The normalized spacial score (nSPS) is 11.1. The lowest BCUT2D eigenvalue weighted by molar-refractivity contribution is 0.0791. The van der Waals surface area contributed by atoms with Crippen LogP contribution in [0.5, 0.6) is 0 Å². The van der Waals surface area contributed by atoms with Crippen molar-refractivity contribution in [2.24, 2.45) is 0 Å². The molecule has 0 unspecified atom stereocenters. The Labute approximate surface area is 132 Å². The predicted octanol–water partition coefficient (Wildman–Crippen LogP) is 4.15. The highest BCUT2D eigenvalue weighted by atomic mass is 32.2. The molecule has 0 aliphatic heterocycles. The standard InChI is InChI=1S/C13H19NOS4/c1-16-12(17-2)14(13(18-3)19-4)11(15)10-8-6-5-7-9-10/h5-9,12-13H,1-4H3. The van der Waals surface area contributed by atoms with Crippen LogP contribution in [0.2, 0.25) is 0 Å². The van der Waals surface area contributed by atoms with Gasteiger partial charge in [0, 0.05) is 5.56 Å². The molecule has 6 heteroatoms. The van der Waals surface area contributed by atoms with Gasteiger partial charge in [0.25, 0.3) is 5.91 Å². The summed E-state index contributed by atoms with van der Waals surface area (Å²) in [6, 6.07) is 9.51. The molecule has 0 saturated heterocycles. The van der Waals surface area contributed by atoms with Crippen molar-refractivity contribution in [1.82, 2.24) is 4.90 Å². The quantitative estimate of drug-likeness (QED) is 0.697. The lowest BCUT2D eigenvalue weighted by atomic mass is 10.2. The summed E-state index contributed by atoms with van der Waals surface area (Å²) in [6.45, 7) is 0. The summed E-state index contributed by atoms with van der Waals surface area (Å²) in [5, 5.41) is 0. The second-order valence-corrected chi connectivity index (χ2v) is 7.90. The van der Waals surface area contributed by atoms with Gasteiger partial charge in [0.05, 0.1) is 0 Å². The van der Waals surface area contributed by atoms with Crippen LogP contribution in [0.4, 0.5) is 0 Å². The Hall–Kier alpha value is 0.0900. The summed E-state index contributed by atoms with van der Waals surface area (Å²) < 4.78 is 0.273. The Kier molecular flexibility index (Phi) is 8.21. The van der Waals surface area contributed by atoms with Crippen LogP contribution >= 0.6 is 47.0 Å². The maximum Gasteiger partial charge on any atom is 0.256 e. The maximum absolute atomic E-state index is 12.7. The summed E-state index contributed by atoms with van der Waals surface area (Å²) in [5.74, 6) is 0.100. The number of carbonyl (C=O) groups excluding carboxylic acids is 1. The van der Waals surface area contributed by atoms with Crippen LogP contribution in [0.3, 0.4) is 0 Å². The van der Waals surface area contributed by atoms with E-state index in [9.17, 15) is 4.79 Å². The van der Waals surface area contributed by atoms with E-state index in [-0.39, 0.29) is 15.3 Å². The van der Waals surface area contributed by atoms with Crippen molar-refractivity contribution < 1.29 is 4.79 Å². The second-order valence-electron chi connectivity index (χ2n) is 3.64. The molecule has 0 aliphatic carbocycles. The summed E-state index contributed by atoms with van der Waals surface area (Å²) in [6.07, 6.45) is 8.18. The van der Waals surface area contributed by atoms with Gasteiger partial charge >= 0.3 is 0 Å². The SMILES string of the molecule is CSC(SC)N(C(=O)c1ccccc1)C(SC)SC. The Morgan fingerprint density at radius 3 is 1.68 bits per heavy atom. The summed E-state index contributed by atoms with van der Waals surface area (Å²) in [5.41, 5.74) is 0.753. The minimum atomic E-state index is 0.100. The predicted molar refractivity (Wildman–Crippen MR) is 94.2 cm³/mol. The number of hydrogen-bond donors (Lipinski definition) is 0. The van der Waals surface area contributed by atoms with Crippen molar-refractivity contribution in [3.05, 3.63) is 35.9 Å². The average molecular weight is 334 g/mol. The summed E-state index contributed by atoms with van der Waals surface area (Å²) >= 11 is 6.81.